The fourth-order valence-electron chi connectivity index (χ4n) is 3.47. The lowest BCUT2D eigenvalue weighted by atomic mass is 10.1. The number of rotatable bonds is 5. The Morgan fingerprint density at radius 2 is 1.72 bits per heavy atom. The zero-order valence-corrected chi connectivity index (χ0v) is 16.2. The zero-order valence-electron chi connectivity index (χ0n) is 16.2. The van der Waals surface area contributed by atoms with Gasteiger partial charge in [-0.2, -0.15) is 5.11 Å². The van der Waals surface area contributed by atoms with Crippen LogP contribution in [0.15, 0.2) is 58.9 Å². The van der Waals surface area contributed by atoms with Crippen LogP contribution in [-0.2, 0) is 20.8 Å². The Balaban J connectivity index is 1.47. The van der Waals surface area contributed by atoms with Gasteiger partial charge in [0.25, 0.3) is 11.8 Å². The average Bonchev–Trinajstić information content (AvgIpc) is 3.23. The van der Waals surface area contributed by atoms with Crippen molar-refractivity contribution in [1.29, 1.82) is 0 Å². The van der Waals surface area contributed by atoms with E-state index in [2.05, 4.69) is 15.7 Å². The Morgan fingerprint density at radius 3 is 2.38 bits per heavy atom. The van der Waals surface area contributed by atoms with E-state index in [0.29, 0.717) is 11.4 Å². The van der Waals surface area contributed by atoms with Crippen LogP contribution in [0.5, 0.6) is 0 Å². The van der Waals surface area contributed by atoms with Crippen LogP contribution in [0.4, 0.5) is 11.4 Å². The summed E-state index contributed by atoms with van der Waals surface area (Å²) < 4.78 is 0. The molecule has 0 aliphatic carbocycles. The third-order valence-electron chi connectivity index (χ3n) is 5.10. The number of imide groups is 1. The molecule has 0 aromatic heterocycles. The summed E-state index contributed by atoms with van der Waals surface area (Å²) in [6.07, 6.45) is 0.867. The molecule has 2 aliphatic heterocycles. The van der Waals surface area contributed by atoms with Gasteiger partial charge in [0.15, 0.2) is 12.1 Å². The number of carbonyl (C=O) groups excluding carboxylic acids is 3. The Morgan fingerprint density at radius 1 is 1.03 bits per heavy atom. The van der Waals surface area contributed by atoms with Crippen molar-refractivity contribution < 1.29 is 14.4 Å². The second kappa shape index (κ2) is 7.46. The third-order valence-corrected chi connectivity index (χ3v) is 5.10. The number of hydrogen-bond acceptors (Lipinski definition) is 6. The maximum absolute atomic E-state index is 13.0. The van der Waals surface area contributed by atoms with Crippen molar-refractivity contribution in [3.05, 3.63) is 59.7 Å². The summed E-state index contributed by atoms with van der Waals surface area (Å²) in [4.78, 5) is 39.2. The number of benzene rings is 2. The topological polar surface area (TPSA) is 94.4 Å². The molecule has 1 fully saturated rings. The number of anilines is 2. The van der Waals surface area contributed by atoms with Gasteiger partial charge in [0.2, 0.25) is 5.91 Å². The molecule has 8 heteroatoms. The molecule has 3 amide bonds. The highest BCUT2D eigenvalue weighted by atomic mass is 16.2. The molecule has 2 aliphatic rings. The Kier molecular flexibility index (Phi) is 4.84. The van der Waals surface area contributed by atoms with Crippen LogP contribution in [0.1, 0.15) is 18.1 Å². The first-order valence-corrected chi connectivity index (χ1v) is 9.48. The van der Waals surface area contributed by atoms with Crippen LogP contribution < -0.4 is 10.2 Å². The van der Waals surface area contributed by atoms with E-state index >= 15 is 0 Å². The molecule has 0 bridgehead atoms. The van der Waals surface area contributed by atoms with E-state index in [1.807, 2.05) is 38.1 Å². The first-order chi connectivity index (χ1) is 14.0. The summed E-state index contributed by atoms with van der Waals surface area (Å²) in [5, 5.41) is 11.9. The fourth-order valence-corrected chi connectivity index (χ4v) is 3.47. The summed E-state index contributed by atoms with van der Waals surface area (Å²) in [7, 11) is 0. The quantitative estimate of drug-likeness (QED) is 0.793. The maximum Gasteiger partial charge on any atom is 0.263 e. The molecule has 0 radical (unpaired) electrons. The van der Waals surface area contributed by atoms with Gasteiger partial charge >= 0.3 is 0 Å². The van der Waals surface area contributed by atoms with Gasteiger partial charge in [0.05, 0.1) is 5.69 Å². The normalized spacial score (nSPS) is 20.3. The summed E-state index contributed by atoms with van der Waals surface area (Å²) in [6, 6.07) is 12.8. The minimum atomic E-state index is -0.916. The number of aryl methyl sites for hydroxylation is 2. The van der Waals surface area contributed by atoms with Gasteiger partial charge in [-0.15, -0.1) is 0 Å². The van der Waals surface area contributed by atoms with Crippen molar-refractivity contribution in [2.45, 2.75) is 32.4 Å². The number of hydrogen-bond donors (Lipinski definition) is 1. The number of nitrogens with one attached hydrogen (secondary N) is 1. The summed E-state index contributed by atoms with van der Waals surface area (Å²) in [5.41, 5.74) is 3.36. The van der Waals surface area contributed by atoms with Crippen molar-refractivity contribution in [2.75, 3.05) is 16.8 Å². The first-order valence-electron chi connectivity index (χ1n) is 9.48. The monoisotopic (exact) mass is 391 g/mol. The van der Waals surface area contributed by atoms with E-state index in [1.54, 1.807) is 24.3 Å². The minimum absolute atomic E-state index is 0.166. The largest absolute Gasteiger partial charge is 0.324 e. The Bertz CT molecular complexity index is 984. The molecule has 1 N–H and O–H groups in total. The van der Waals surface area contributed by atoms with Crippen LogP contribution >= 0.6 is 0 Å². The maximum atomic E-state index is 13.0. The standard InChI is InChI=1S/C21H21N5O3/c1-3-14-6-10-16(11-7-14)26-20(28)18-19(21(26)29)25(24-23-18)12-17(27)22-15-8-4-13(2)5-9-15/h4-11,18-19H,3,12H2,1-2H3,(H,22,27)/t18-,19+/m1/s1. The summed E-state index contributed by atoms with van der Waals surface area (Å²) in [5.74, 6) is -1.17. The number of nitrogens with zero attached hydrogens (tertiary/aromatic N) is 4. The highest BCUT2D eigenvalue weighted by molar-refractivity contribution is 6.25. The zero-order chi connectivity index (χ0) is 20.5. The van der Waals surface area contributed by atoms with Crippen LogP contribution in [-0.4, -0.2) is 41.4 Å². The average molecular weight is 391 g/mol. The van der Waals surface area contributed by atoms with E-state index in [-0.39, 0.29) is 12.5 Å². The molecule has 0 spiro atoms. The van der Waals surface area contributed by atoms with Gasteiger partial charge < -0.3 is 5.32 Å². The molecule has 2 aromatic carbocycles. The third kappa shape index (κ3) is 3.49. The lowest BCUT2D eigenvalue weighted by molar-refractivity contribution is -0.123. The molecular formula is C21H21N5O3. The van der Waals surface area contributed by atoms with Gasteiger partial charge in [-0.3, -0.25) is 19.4 Å². The van der Waals surface area contributed by atoms with Crippen LogP contribution in [0.25, 0.3) is 0 Å². The van der Waals surface area contributed by atoms with Gasteiger partial charge in [-0.05, 0) is 43.2 Å². The second-order valence-electron chi connectivity index (χ2n) is 7.14. The molecule has 4 rings (SSSR count). The van der Waals surface area contributed by atoms with Gasteiger partial charge in [-0.25, -0.2) is 4.90 Å². The smallest absolute Gasteiger partial charge is 0.263 e. The van der Waals surface area contributed by atoms with Crippen LogP contribution in [0.3, 0.4) is 0 Å². The van der Waals surface area contributed by atoms with Crippen LogP contribution in [0, 0.1) is 6.92 Å². The number of amides is 3. The molecular weight excluding hydrogens is 370 g/mol. The van der Waals surface area contributed by atoms with Gasteiger partial charge in [0.1, 0.15) is 6.54 Å². The van der Waals surface area contributed by atoms with E-state index in [9.17, 15) is 14.4 Å². The van der Waals surface area contributed by atoms with E-state index in [1.165, 1.54) is 5.01 Å². The second-order valence-corrected chi connectivity index (χ2v) is 7.14. The fraction of sp³-hybridized carbons (Fsp3) is 0.286. The molecule has 2 aromatic rings. The predicted octanol–water partition coefficient (Wildman–Crippen LogP) is 2.49. The SMILES string of the molecule is CCc1ccc(N2C(=O)[C@@H]3[C@@H](N=NN3CC(=O)Nc3ccc(C)cc3)C2=O)cc1. The predicted molar refractivity (Wildman–Crippen MR) is 107 cm³/mol. The van der Waals surface area contributed by atoms with Crippen molar-refractivity contribution in [1.82, 2.24) is 5.01 Å². The molecule has 8 nitrogen and oxygen atoms in total. The number of fused-ring (bicyclic) bond motifs is 1. The van der Waals surface area contributed by atoms with Gasteiger partial charge in [0, 0.05) is 5.69 Å². The Labute approximate surface area is 168 Å². The molecule has 0 unspecified atom stereocenters. The Hall–Kier alpha value is -3.55. The first kappa shape index (κ1) is 18.8. The highest BCUT2D eigenvalue weighted by Crippen LogP contribution is 2.31. The van der Waals surface area contributed by atoms with Crippen LogP contribution in [0.2, 0.25) is 0 Å². The minimum Gasteiger partial charge on any atom is -0.324 e. The lowest BCUT2D eigenvalue weighted by Crippen LogP contribution is -2.43. The summed E-state index contributed by atoms with van der Waals surface area (Å²) in [6.45, 7) is 3.83. The molecule has 29 heavy (non-hydrogen) atoms. The van der Waals surface area contributed by atoms with E-state index in [0.717, 1.165) is 22.4 Å². The van der Waals surface area contributed by atoms with Crippen molar-refractivity contribution in [3.8, 4) is 0 Å². The molecule has 1 saturated heterocycles. The molecule has 2 heterocycles. The van der Waals surface area contributed by atoms with Crippen molar-refractivity contribution in [2.24, 2.45) is 10.3 Å². The molecule has 2 atom stereocenters. The van der Waals surface area contributed by atoms with Crippen molar-refractivity contribution in [3.63, 3.8) is 0 Å². The lowest BCUT2D eigenvalue weighted by Gasteiger charge is -2.20. The van der Waals surface area contributed by atoms with E-state index < -0.39 is 23.9 Å². The molecule has 0 saturated carbocycles. The van der Waals surface area contributed by atoms with Gasteiger partial charge in [-0.1, -0.05) is 42.0 Å². The van der Waals surface area contributed by atoms with E-state index in [4.69, 9.17) is 0 Å². The summed E-state index contributed by atoms with van der Waals surface area (Å²) >= 11 is 0. The van der Waals surface area contributed by atoms with Crippen molar-refractivity contribution >= 4 is 29.1 Å². The highest BCUT2D eigenvalue weighted by Gasteiger charge is 2.55. The molecule has 148 valence electrons. The number of carbonyl (C=O) groups is 3.